The Morgan fingerprint density at radius 3 is 2.56 bits per heavy atom. The van der Waals surface area contributed by atoms with Crippen LogP contribution in [0.25, 0.3) is 0 Å². The van der Waals surface area contributed by atoms with Gasteiger partial charge in [-0.25, -0.2) is 0 Å². The van der Waals surface area contributed by atoms with Crippen LogP contribution in [0.5, 0.6) is 0 Å². The molecule has 6 nitrogen and oxygen atoms in total. The maximum absolute atomic E-state index is 11.2. The van der Waals surface area contributed by atoms with Crippen LogP contribution in [0.3, 0.4) is 0 Å². The topological polar surface area (TPSA) is 101 Å². The largest absolute Gasteiger partial charge is 0.481 e. The smallest absolute Gasteiger partial charge is 0.324 e. The van der Waals surface area contributed by atoms with Gasteiger partial charge >= 0.3 is 11.0 Å². The molecular weight excluding hydrogens is 234 g/mol. The number of carboxylic acids is 1. The van der Waals surface area contributed by atoms with Gasteiger partial charge < -0.3 is 10.2 Å². The Kier molecular flexibility index (Phi) is 2.43. The van der Waals surface area contributed by atoms with Crippen LogP contribution in [0.15, 0.2) is 12.1 Å². The van der Waals surface area contributed by atoms with Gasteiger partial charge in [0.15, 0.2) is 0 Å². The molecule has 0 aromatic carbocycles. The maximum Gasteiger partial charge on any atom is 0.324 e. The Labute approximate surface area is 94.3 Å². The van der Waals surface area contributed by atoms with E-state index in [9.17, 15) is 20.0 Å². The van der Waals surface area contributed by atoms with E-state index in [1.807, 2.05) is 0 Å². The first-order valence-electron chi connectivity index (χ1n) is 4.62. The minimum absolute atomic E-state index is 0.0722. The fraction of sp³-hybridized carbons (Fsp3) is 0.444. The van der Waals surface area contributed by atoms with Crippen LogP contribution >= 0.6 is 11.3 Å². The third kappa shape index (κ3) is 1.48. The predicted octanol–water partition coefficient (Wildman–Crippen LogP) is 1.13. The lowest BCUT2D eigenvalue weighted by atomic mass is 9.66. The van der Waals surface area contributed by atoms with E-state index >= 15 is 0 Å². The molecule has 2 rings (SSSR count). The molecule has 0 radical (unpaired) electrons. The zero-order valence-electron chi connectivity index (χ0n) is 8.12. The summed E-state index contributed by atoms with van der Waals surface area (Å²) in [4.78, 5) is 21.6. The average Bonchev–Trinajstić information content (AvgIpc) is 2.60. The van der Waals surface area contributed by atoms with E-state index in [-0.39, 0.29) is 17.8 Å². The van der Waals surface area contributed by atoms with Gasteiger partial charge in [-0.05, 0) is 18.9 Å². The molecule has 1 aliphatic carbocycles. The zero-order valence-corrected chi connectivity index (χ0v) is 8.94. The van der Waals surface area contributed by atoms with Gasteiger partial charge in [-0.2, -0.15) is 0 Å². The highest BCUT2D eigenvalue weighted by Crippen LogP contribution is 2.47. The number of carboxylic acid groups (broad SMARTS) is 1. The minimum Gasteiger partial charge on any atom is -0.481 e. The highest BCUT2D eigenvalue weighted by atomic mass is 32.1. The van der Waals surface area contributed by atoms with Crippen molar-refractivity contribution in [1.29, 1.82) is 0 Å². The van der Waals surface area contributed by atoms with Crippen LogP contribution in [-0.2, 0) is 10.2 Å². The van der Waals surface area contributed by atoms with Crippen molar-refractivity contribution >= 4 is 22.3 Å². The Morgan fingerprint density at radius 2 is 2.19 bits per heavy atom. The van der Waals surface area contributed by atoms with Crippen molar-refractivity contribution in [3.05, 3.63) is 27.1 Å². The summed E-state index contributed by atoms with van der Waals surface area (Å²) in [5.41, 5.74) is -1.13. The number of thiophene rings is 1. The Balaban J connectivity index is 2.34. The van der Waals surface area contributed by atoms with Gasteiger partial charge in [0.25, 0.3) is 0 Å². The lowest BCUT2D eigenvalue weighted by Gasteiger charge is -2.40. The quantitative estimate of drug-likeness (QED) is 0.612. The molecule has 0 aliphatic heterocycles. The third-order valence-electron chi connectivity index (χ3n) is 2.82. The van der Waals surface area contributed by atoms with Crippen molar-refractivity contribution in [2.24, 2.45) is 0 Å². The van der Waals surface area contributed by atoms with Gasteiger partial charge in [0, 0.05) is 10.9 Å². The summed E-state index contributed by atoms with van der Waals surface area (Å²) in [6, 6.07) is 2.76. The molecule has 0 saturated heterocycles. The fourth-order valence-corrected chi connectivity index (χ4v) is 2.93. The van der Waals surface area contributed by atoms with Crippen LogP contribution in [0.1, 0.15) is 17.7 Å². The molecule has 0 amide bonds. The third-order valence-corrected chi connectivity index (χ3v) is 4.06. The summed E-state index contributed by atoms with van der Waals surface area (Å²) < 4.78 is 0. The highest BCUT2D eigenvalue weighted by molar-refractivity contribution is 7.15. The summed E-state index contributed by atoms with van der Waals surface area (Å²) in [6.07, 6.45) is -0.378. The average molecular weight is 243 g/mol. The fourth-order valence-electron chi connectivity index (χ4n) is 1.91. The van der Waals surface area contributed by atoms with Crippen molar-refractivity contribution in [1.82, 2.24) is 0 Å². The number of hydrogen-bond acceptors (Lipinski definition) is 5. The SMILES string of the molecule is O=C(O)C1(c2ccc([N+](=O)[O-])s2)CC(O)C1. The molecule has 1 aromatic rings. The normalized spacial score (nSPS) is 28.4. The molecule has 0 unspecified atom stereocenters. The van der Waals surface area contributed by atoms with E-state index < -0.39 is 22.4 Å². The monoisotopic (exact) mass is 243 g/mol. The lowest BCUT2D eigenvalue weighted by molar-refractivity contribution is -0.380. The van der Waals surface area contributed by atoms with Gasteiger partial charge in [-0.15, -0.1) is 0 Å². The predicted molar refractivity (Wildman–Crippen MR) is 55.5 cm³/mol. The second-order valence-corrected chi connectivity index (χ2v) is 4.91. The number of rotatable bonds is 3. The van der Waals surface area contributed by atoms with Crippen LogP contribution in [0.2, 0.25) is 0 Å². The molecule has 1 fully saturated rings. The van der Waals surface area contributed by atoms with Gasteiger partial charge in [0.2, 0.25) is 0 Å². The number of nitro groups is 1. The molecule has 1 aromatic heterocycles. The first-order valence-corrected chi connectivity index (χ1v) is 5.43. The molecule has 2 N–H and O–H groups in total. The molecular formula is C9H9NO5S. The molecule has 0 atom stereocenters. The van der Waals surface area contributed by atoms with E-state index in [0.717, 1.165) is 11.3 Å². The van der Waals surface area contributed by atoms with Crippen LogP contribution < -0.4 is 0 Å². The molecule has 16 heavy (non-hydrogen) atoms. The maximum atomic E-state index is 11.2. The lowest BCUT2D eigenvalue weighted by Crippen LogP contribution is -2.50. The van der Waals surface area contributed by atoms with E-state index in [2.05, 4.69) is 0 Å². The molecule has 86 valence electrons. The Morgan fingerprint density at radius 1 is 1.56 bits per heavy atom. The first kappa shape index (κ1) is 11.0. The summed E-state index contributed by atoms with van der Waals surface area (Å²) in [6.45, 7) is 0. The number of aliphatic hydroxyl groups excluding tert-OH is 1. The van der Waals surface area contributed by atoms with Crippen LogP contribution in [0.4, 0.5) is 5.00 Å². The van der Waals surface area contributed by atoms with Crippen molar-refractivity contribution in [3.63, 3.8) is 0 Å². The van der Waals surface area contributed by atoms with Crippen molar-refractivity contribution < 1.29 is 19.9 Å². The highest BCUT2D eigenvalue weighted by Gasteiger charge is 2.52. The minimum atomic E-state index is -1.13. The number of hydrogen-bond donors (Lipinski definition) is 2. The van der Waals surface area contributed by atoms with Crippen LogP contribution in [0, 0.1) is 10.1 Å². The van der Waals surface area contributed by atoms with E-state index in [0.29, 0.717) is 4.88 Å². The molecule has 0 bridgehead atoms. The summed E-state index contributed by atoms with van der Waals surface area (Å²) >= 11 is 0.863. The standard InChI is InChI=1S/C9H9NO5S/c11-5-3-9(4-5,8(12)13)6-1-2-7(16-6)10(14)15/h1-2,5,11H,3-4H2,(H,12,13). The Hall–Kier alpha value is -1.47. The van der Waals surface area contributed by atoms with Gasteiger partial charge in [0.1, 0.15) is 5.41 Å². The second kappa shape index (κ2) is 3.53. The van der Waals surface area contributed by atoms with Gasteiger partial charge in [0.05, 0.1) is 11.0 Å². The number of carbonyl (C=O) groups is 1. The van der Waals surface area contributed by atoms with Gasteiger partial charge in [-0.3, -0.25) is 14.9 Å². The molecule has 1 heterocycles. The second-order valence-electron chi connectivity index (χ2n) is 3.84. The molecule has 1 saturated carbocycles. The molecule has 0 spiro atoms. The van der Waals surface area contributed by atoms with Gasteiger partial charge in [-0.1, -0.05) is 11.3 Å². The van der Waals surface area contributed by atoms with Crippen molar-refractivity contribution in [3.8, 4) is 0 Å². The summed E-state index contributed by atoms with van der Waals surface area (Å²) in [5.74, 6) is -1.03. The molecule has 7 heteroatoms. The van der Waals surface area contributed by atoms with Crippen molar-refractivity contribution in [2.75, 3.05) is 0 Å². The first-order chi connectivity index (χ1) is 7.45. The van der Waals surface area contributed by atoms with Crippen molar-refractivity contribution in [2.45, 2.75) is 24.4 Å². The number of aliphatic hydroxyl groups is 1. The summed E-state index contributed by atoms with van der Waals surface area (Å²) in [5, 5.41) is 28.8. The van der Waals surface area contributed by atoms with E-state index in [4.69, 9.17) is 5.11 Å². The Bertz CT molecular complexity index is 449. The molecule has 1 aliphatic rings. The van der Waals surface area contributed by atoms with E-state index in [1.54, 1.807) is 0 Å². The van der Waals surface area contributed by atoms with E-state index in [1.165, 1.54) is 12.1 Å². The summed E-state index contributed by atoms with van der Waals surface area (Å²) in [7, 11) is 0. The zero-order chi connectivity index (χ0) is 11.9. The number of nitrogens with zero attached hydrogens (tertiary/aromatic N) is 1. The number of aliphatic carboxylic acids is 1. The van der Waals surface area contributed by atoms with Crippen LogP contribution in [-0.4, -0.2) is 27.2 Å².